The van der Waals surface area contributed by atoms with Crippen molar-refractivity contribution in [1.82, 2.24) is 15.0 Å². The van der Waals surface area contributed by atoms with Gasteiger partial charge in [0.2, 0.25) is 17.9 Å². The SMILES string of the molecule is CCNc1nc(NCC)nc(N(C#N)C(=N)N)n1. The smallest absolute Gasteiger partial charge is 0.252 e. The lowest BCUT2D eigenvalue weighted by atomic mass is 10.6. The fourth-order valence-electron chi connectivity index (χ4n) is 1.15. The Morgan fingerprint density at radius 1 is 1.28 bits per heavy atom. The lowest BCUT2D eigenvalue weighted by molar-refractivity contribution is 0.980. The third-order valence-corrected chi connectivity index (χ3v) is 1.83. The molecule has 0 unspecified atom stereocenters. The average molecular weight is 249 g/mol. The highest BCUT2D eigenvalue weighted by Crippen LogP contribution is 2.12. The van der Waals surface area contributed by atoms with Crippen LogP contribution >= 0.6 is 0 Å². The Bertz CT molecular complexity index is 439. The van der Waals surface area contributed by atoms with E-state index in [9.17, 15) is 0 Å². The van der Waals surface area contributed by atoms with Crippen LogP contribution in [-0.2, 0) is 0 Å². The minimum Gasteiger partial charge on any atom is -0.369 e. The Morgan fingerprint density at radius 2 is 1.78 bits per heavy atom. The van der Waals surface area contributed by atoms with Crippen molar-refractivity contribution < 1.29 is 0 Å². The average Bonchev–Trinajstić information content (AvgIpc) is 2.30. The first-order chi connectivity index (χ1) is 8.62. The molecule has 0 aromatic carbocycles. The van der Waals surface area contributed by atoms with E-state index in [2.05, 4.69) is 25.6 Å². The first-order valence-corrected chi connectivity index (χ1v) is 5.40. The number of nitrogens with zero attached hydrogens (tertiary/aromatic N) is 5. The van der Waals surface area contributed by atoms with Gasteiger partial charge in [-0.2, -0.15) is 25.1 Å². The zero-order chi connectivity index (χ0) is 13.5. The molecule has 0 saturated heterocycles. The number of rotatable bonds is 5. The number of nitrogens with one attached hydrogen (secondary N) is 3. The molecule has 0 spiro atoms. The van der Waals surface area contributed by atoms with E-state index >= 15 is 0 Å². The molecule has 0 fully saturated rings. The molecule has 0 saturated carbocycles. The van der Waals surface area contributed by atoms with Gasteiger partial charge in [-0.1, -0.05) is 0 Å². The standard InChI is InChI=1S/C9H15N9/c1-3-13-7-15-8(14-4-2)17-9(16-7)18(5-10)6(11)12/h3-4H2,1-2H3,(H3,11,12)(H2,13,14,15,16,17). The number of hydrogen-bond acceptors (Lipinski definition) is 7. The van der Waals surface area contributed by atoms with Crippen LogP contribution < -0.4 is 21.3 Å². The molecule has 0 atom stereocenters. The summed E-state index contributed by atoms with van der Waals surface area (Å²) in [7, 11) is 0. The van der Waals surface area contributed by atoms with E-state index in [-0.39, 0.29) is 5.95 Å². The monoisotopic (exact) mass is 249 g/mol. The van der Waals surface area contributed by atoms with Crippen molar-refractivity contribution in [1.29, 1.82) is 10.7 Å². The van der Waals surface area contributed by atoms with Gasteiger partial charge in [0.25, 0.3) is 5.95 Å². The van der Waals surface area contributed by atoms with Crippen molar-refractivity contribution in [3.63, 3.8) is 0 Å². The first kappa shape index (κ1) is 13.4. The molecule has 0 bridgehead atoms. The third kappa shape index (κ3) is 3.18. The van der Waals surface area contributed by atoms with Gasteiger partial charge in [0.15, 0.2) is 6.19 Å². The van der Waals surface area contributed by atoms with Crippen molar-refractivity contribution in [3.8, 4) is 6.19 Å². The second-order valence-corrected chi connectivity index (χ2v) is 3.16. The maximum atomic E-state index is 8.91. The highest BCUT2D eigenvalue weighted by Gasteiger charge is 2.15. The van der Waals surface area contributed by atoms with Crippen molar-refractivity contribution in [2.24, 2.45) is 5.73 Å². The lowest BCUT2D eigenvalue weighted by Crippen LogP contribution is -2.34. The van der Waals surface area contributed by atoms with E-state index in [0.717, 1.165) is 4.90 Å². The summed E-state index contributed by atoms with van der Waals surface area (Å²) >= 11 is 0. The van der Waals surface area contributed by atoms with Gasteiger partial charge in [0, 0.05) is 13.1 Å². The summed E-state index contributed by atoms with van der Waals surface area (Å²) in [6.07, 6.45) is 1.73. The van der Waals surface area contributed by atoms with Crippen molar-refractivity contribution in [2.75, 3.05) is 28.6 Å². The van der Waals surface area contributed by atoms with E-state index in [1.807, 2.05) is 13.8 Å². The Morgan fingerprint density at radius 3 is 2.11 bits per heavy atom. The summed E-state index contributed by atoms with van der Waals surface area (Å²) in [5, 5.41) is 22.0. The summed E-state index contributed by atoms with van der Waals surface area (Å²) in [5.74, 6) is 0.195. The molecular formula is C9H15N9. The lowest BCUT2D eigenvalue weighted by Gasteiger charge is -2.13. The van der Waals surface area contributed by atoms with Gasteiger partial charge >= 0.3 is 0 Å². The van der Waals surface area contributed by atoms with Crippen LogP contribution in [0.3, 0.4) is 0 Å². The van der Waals surface area contributed by atoms with E-state index in [4.69, 9.17) is 16.4 Å². The number of aromatic nitrogens is 3. The third-order valence-electron chi connectivity index (χ3n) is 1.83. The van der Waals surface area contributed by atoms with Crippen LogP contribution in [0.15, 0.2) is 0 Å². The molecule has 96 valence electrons. The topological polar surface area (TPSA) is 140 Å². The molecule has 9 nitrogen and oxygen atoms in total. The quantitative estimate of drug-likeness (QED) is 0.246. The summed E-state index contributed by atoms with van der Waals surface area (Å²) in [6.45, 7) is 5.04. The van der Waals surface area contributed by atoms with E-state index < -0.39 is 5.96 Å². The Labute approximate surface area is 105 Å². The maximum Gasteiger partial charge on any atom is 0.252 e. The van der Waals surface area contributed by atoms with Crippen LogP contribution in [0.5, 0.6) is 0 Å². The molecule has 1 heterocycles. The second kappa shape index (κ2) is 6.19. The molecule has 0 radical (unpaired) electrons. The molecule has 0 amide bonds. The van der Waals surface area contributed by atoms with Gasteiger partial charge in [-0.25, -0.2) is 0 Å². The second-order valence-electron chi connectivity index (χ2n) is 3.16. The van der Waals surface area contributed by atoms with Gasteiger partial charge in [0.05, 0.1) is 0 Å². The van der Waals surface area contributed by atoms with E-state index in [1.165, 1.54) is 0 Å². The van der Waals surface area contributed by atoms with Crippen LogP contribution in [0.1, 0.15) is 13.8 Å². The summed E-state index contributed by atoms with van der Waals surface area (Å²) < 4.78 is 0. The van der Waals surface area contributed by atoms with Gasteiger partial charge in [-0.15, -0.1) is 0 Å². The molecule has 0 aliphatic heterocycles. The van der Waals surface area contributed by atoms with E-state index in [0.29, 0.717) is 25.0 Å². The maximum absolute atomic E-state index is 8.91. The van der Waals surface area contributed by atoms with Gasteiger partial charge in [-0.3, -0.25) is 5.41 Å². The predicted octanol–water partition coefficient (Wildman–Crippen LogP) is -0.0838. The molecule has 1 aromatic rings. The number of hydrogen-bond donors (Lipinski definition) is 4. The van der Waals surface area contributed by atoms with Gasteiger partial charge in [-0.05, 0) is 13.8 Å². The Balaban J connectivity index is 3.17. The van der Waals surface area contributed by atoms with Crippen LogP contribution in [0.4, 0.5) is 17.8 Å². The summed E-state index contributed by atoms with van der Waals surface area (Å²) in [5.41, 5.74) is 5.27. The molecule has 1 aromatic heterocycles. The van der Waals surface area contributed by atoms with E-state index in [1.54, 1.807) is 6.19 Å². The largest absolute Gasteiger partial charge is 0.369 e. The molecule has 1 rings (SSSR count). The zero-order valence-corrected chi connectivity index (χ0v) is 10.2. The number of nitrogens with two attached hydrogens (primary N) is 1. The van der Waals surface area contributed by atoms with Crippen molar-refractivity contribution >= 4 is 23.8 Å². The summed E-state index contributed by atoms with van der Waals surface area (Å²) in [6, 6.07) is 0. The molecule has 0 aliphatic carbocycles. The highest BCUT2D eigenvalue weighted by atomic mass is 15.4. The molecule has 18 heavy (non-hydrogen) atoms. The Hall–Kier alpha value is -2.63. The predicted molar refractivity (Wildman–Crippen MR) is 68.2 cm³/mol. The molecule has 0 aliphatic rings. The molecule has 5 N–H and O–H groups in total. The molecular weight excluding hydrogens is 234 g/mol. The van der Waals surface area contributed by atoms with Crippen LogP contribution in [0, 0.1) is 16.9 Å². The van der Waals surface area contributed by atoms with Crippen LogP contribution in [0.25, 0.3) is 0 Å². The van der Waals surface area contributed by atoms with Crippen LogP contribution in [-0.4, -0.2) is 34.0 Å². The Kier molecular flexibility index (Phi) is 4.62. The van der Waals surface area contributed by atoms with Crippen LogP contribution in [0.2, 0.25) is 0 Å². The minimum atomic E-state index is -0.450. The molecule has 9 heteroatoms. The fraction of sp³-hybridized carbons (Fsp3) is 0.444. The van der Waals surface area contributed by atoms with Crippen molar-refractivity contribution in [3.05, 3.63) is 0 Å². The summed E-state index contributed by atoms with van der Waals surface area (Å²) in [4.78, 5) is 12.9. The van der Waals surface area contributed by atoms with Gasteiger partial charge < -0.3 is 16.4 Å². The number of nitriles is 1. The normalized spacial score (nSPS) is 9.39. The zero-order valence-electron chi connectivity index (χ0n) is 10.2. The first-order valence-electron chi connectivity index (χ1n) is 5.40. The number of guanidine groups is 1. The minimum absolute atomic E-state index is 0.00639. The highest BCUT2D eigenvalue weighted by molar-refractivity contribution is 5.93. The van der Waals surface area contributed by atoms with Crippen molar-refractivity contribution in [2.45, 2.75) is 13.8 Å². The number of anilines is 3. The fourth-order valence-corrected chi connectivity index (χ4v) is 1.15. The van der Waals surface area contributed by atoms with Gasteiger partial charge in [0.1, 0.15) is 0 Å².